The highest BCUT2D eigenvalue weighted by Crippen LogP contribution is 2.30. The zero-order valence-corrected chi connectivity index (χ0v) is 14.4. The van der Waals surface area contributed by atoms with E-state index in [9.17, 15) is 0 Å². The maximum atomic E-state index is 5.98. The maximum Gasteiger partial charge on any atom is 0.160 e. The summed E-state index contributed by atoms with van der Waals surface area (Å²) in [6.07, 6.45) is 0.634. The van der Waals surface area contributed by atoms with E-state index in [1.54, 1.807) is 14.2 Å². The van der Waals surface area contributed by atoms with E-state index < -0.39 is 0 Å². The summed E-state index contributed by atoms with van der Waals surface area (Å²) in [7, 11) is 3.23. The highest BCUT2D eigenvalue weighted by molar-refractivity contribution is 7.80. The molecule has 0 radical (unpaired) electrons. The minimum Gasteiger partial charge on any atom is -0.493 e. The van der Waals surface area contributed by atoms with Gasteiger partial charge in [-0.2, -0.15) is 0 Å². The lowest BCUT2D eigenvalue weighted by Crippen LogP contribution is -2.22. The van der Waals surface area contributed by atoms with Gasteiger partial charge in [0.1, 0.15) is 5.82 Å². The molecular weight excluding hydrogens is 322 g/mol. The molecule has 0 saturated carbocycles. The van der Waals surface area contributed by atoms with Crippen molar-refractivity contribution in [1.29, 1.82) is 0 Å². The van der Waals surface area contributed by atoms with Gasteiger partial charge in [-0.1, -0.05) is 30.4 Å². The Morgan fingerprint density at radius 2 is 1.92 bits per heavy atom. The molecule has 1 atom stereocenters. The molecule has 0 amide bonds. The van der Waals surface area contributed by atoms with Crippen LogP contribution in [-0.4, -0.2) is 29.2 Å². The van der Waals surface area contributed by atoms with Crippen LogP contribution in [0.2, 0.25) is 0 Å². The van der Waals surface area contributed by atoms with Crippen molar-refractivity contribution in [2.75, 3.05) is 14.2 Å². The summed E-state index contributed by atoms with van der Waals surface area (Å²) in [6.45, 7) is 0. The summed E-state index contributed by atoms with van der Waals surface area (Å²) in [6, 6.07) is 13.7. The second-order valence-corrected chi connectivity index (χ2v) is 5.96. The normalized spacial score (nSPS) is 12.1. The van der Waals surface area contributed by atoms with E-state index in [0.717, 1.165) is 22.4 Å². The van der Waals surface area contributed by atoms with Gasteiger partial charge in [-0.3, -0.25) is 0 Å². The Morgan fingerprint density at radius 3 is 2.58 bits per heavy atom. The fraction of sp³-hybridized carbons (Fsp3) is 0.222. The van der Waals surface area contributed by atoms with E-state index in [1.165, 1.54) is 0 Å². The number of aromatic amines is 1. The van der Waals surface area contributed by atoms with Crippen molar-refractivity contribution in [2.45, 2.75) is 12.3 Å². The van der Waals surface area contributed by atoms with Gasteiger partial charge in [0.15, 0.2) is 11.5 Å². The van der Waals surface area contributed by atoms with Gasteiger partial charge >= 0.3 is 0 Å². The van der Waals surface area contributed by atoms with Crippen LogP contribution >= 0.6 is 12.2 Å². The first-order valence-corrected chi connectivity index (χ1v) is 7.98. The first-order chi connectivity index (χ1) is 11.6. The Bertz CT molecular complexity index is 843. The van der Waals surface area contributed by atoms with Crippen LogP contribution in [0.4, 0.5) is 0 Å². The number of H-pyrrole nitrogens is 1. The van der Waals surface area contributed by atoms with Gasteiger partial charge in [-0.25, -0.2) is 4.98 Å². The second-order valence-electron chi connectivity index (χ2n) is 5.49. The molecule has 0 spiro atoms. The average molecular weight is 341 g/mol. The predicted molar refractivity (Wildman–Crippen MR) is 98.9 cm³/mol. The number of benzene rings is 2. The molecule has 1 aromatic heterocycles. The van der Waals surface area contributed by atoms with Crippen LogP contribution in [0.3, 0.4) is 0 Å². The monoisotopic (exact) mass is 341 g/mol. The number of nitrogens with one attached hydrogen (secondary N) is 1. The third-order valence-corrected chi connectivity index (χ3v) is 4.25. The molecule has 24 heavy (non-hydrogen) atoms. The van der Waals surface area contributed by atoms with Crippen molar-refractivity contribution < 1.29 is 9.47 Å². The average Bonchev–Trinajstić information content (AvgIpc) is 3.02. The summed E-state index contributed by atoms with van der Waals surface area (Å²) in [5.41, 5.74) is 8.90. The van der Waals surface area contributed by atoms with E-state index in [0.29, 0.717) is 22.9 Å². The van der Waals surface area contributed by atoms with Gasteiger partial charge in [0.2, 0.25) is 0 Å². The van der Waals surface area contributed by atoms with Crippen molar-refractivity contribution in [1.82, 2.24) is 9.97 Å². The maximum absolute atomic E-state index is 5.98. The lowest BCUT2D eigenvalue weighted by molar-refractivity contribution is 0.354. The highest BCUT2D eigenvalue weighted by Gasteiger charge is 2.20. The van der Waals surface area contributed by atoms with Crippen LogP contribution in [0.15, 0.2) is 42.5 Å². The van der Waals surface area contributed by atoms with Crippen molar-refractivity contribution in [2.24, 2.45) is 5.73 Å². The Morgan fingerprint density at radius 1 is 1.17 bits per heavy atom. The Labute approximate surface area is 145 Å². The molecule has 2 aromatic carbocycles. The first kappa shape index (κ1) is 16.3. The van der Waals surface area contributed by atoms with Gasteiger partial charge < -0.3 is 20.2 Å². The van der Waals surface area contributed by atoms with Crippen molar-refractivity contribution in [3.63, 3.8) is 0 Å². The molecule has 6 heteroatoms. The number of methoxy groups -OCH3 is 2. The van der Waals surface area contributed by atoms with Crippen molar-refractivity contribution in [3.05, 3.63) is 53.9 Å². The summed E-state index contributed by atoms with van der Waals surface area (Å²) in [5.74, 6) is 1.97. The molecule has 0 aliphatic carbocycles. The summed E-state index contributed by atoms with van der Waals surface area (Å²) < 4.78 is 10.6. The fourth-order valence-corrected chi connectivity index (χ4v) is 2.91. The van der Waals surface area contributed by atoms with E-state index in [-0.39, 0.29) is 5.92 Å². The van der Waals surface area contributed by atoms with E-state index in [2.05, 4.69) is 9.97 Å². The number of para-hydroxylation sites is 2. The van der Waals surface area contributed by atoms with Gasteiger partial charge in [0.05, 0.1) is 36.2 Å². The second kappa shape index (κ2) is 6.88. The zero-order chi connectivity index (χ0) is 17.1. The lowest BCUT2D eigenvalue weighted by Gasteiger charge is -2.15. The third kappa shape index (κ3) is 3.19. The Hall–Kier alpha value is -2.60. The zero-order valence-electron chi connectivity index (χ0n) is 13.6. The predicted octanol–water partition coefficient (Wildman–Crippen LogP) is 3.19. The van der Waals surface area contributed by atoms with Crippen LogP contribution in [0, 0.1) is 0 Å². The molecule has 0 aliphatic rings. The van der Waals surface area contributed by atoms with Gasteiger partial charge in [-0.15, -0.1) is 0 Å². The number of fused-ring (bicyclic) bond motifs is 1. The van der Waals surface area contributed by atoms with Gasteiger partial charge in [0.25, 0.3) is 0 Å². The molecule has 3 rings (SSSR count). The van der Waals surface area contributed by atoms with Crippen LogP contribution in [0.1, 0.15) is 17.3 Å². The largest absolute Gasteiger partial charge is 0.493 e. The number of ether oxygens (including phenoxy) is 2. The topological polar surface area (TPSA) is 73.2 Å². The molecule has 1 unspecified atom stereocenters. The number of aromatic nitrogens is 2. The van der Waals surface area contributed by atoms with Crippen LogP contribution in [0.5, 0.6) is 11.5 Å². The molecule has 1 heterocycles. The fourth-order valence-electron chi connectivity index (χ4n) is 2.71. The van der Waals surface area contributed by atoms with Crippen molar-refractivity contribution >= 4 is 28.2 Å². The summed E-state index contributed by atoms with van der Waals surface area (Å²) in [5, 5.41) is 0. The van der Waals surface area contributed by atoms with Crippen LogP contribution in [-0.2, 0) is 6.42 Å². The van der Waals surface area contributed by atoms with Crippen LogP contribution < -0.4 is 15.2 Å². The molecule has 0 fully saturated rings. The Kier molecular flexibility index (Phi) is 4.66. The molecule has 124 valence electrons. The lowest BCUT2D eigenvalue weighted by atomic mass is 9.98. The number of nitrogens with zero attached hydrogens (tertiary/aromatic N) is 1. The summed E-state index contributed by atoms with van der Waals surface area (Å²) in [4.78, 5) is 8.35. The first-order valence-electron chi connectivity index (χ1n) is 7.57. The quantitative estimate of drug-likeness (QED) is 0.674. The molecular formula is C18H19N3O2S. The number of nitrogens with two attached hydrogens (primary N) is 1. The Balaban J connectivity index is 1.93. The van der Waals surface area contributed by atoms with Gasteiger partial charge in [-0.05, 0) is 36.2 Å². The molecule has 3 aromatic rings. The highest BCUT2D eigenvalue weighted by atomic mass is 32.1. The number of rotatable bonds is 6. The third-order valence-electron chi connectivity index (χ3n) is 3.97. The molecule has 0 saturated heterocycles. The van der Waals surface area contributed by atoms with E-state index >= 15 is 0 Å². The molecule has 3 N–H and O–H groups in total. The molecule has 0 bridgehead atoms. The van der Waals surface area contributed by atoms with Gasteiger partial charge in [0, 0.05) is 0 Å². The van der Waals surface area contributed by atoms with Crippen LogP contribution in [0.25, 0.3) is 11.0 Å². The molecule has 0 aliphatic heterocycles. The smallest absolute Gasteiger partial charge is 0.160 e. The standard InChI is InChI=1S/C18H19N3O2S/c1-22-15-8-7-11(10-16(15)23-2)9-12(17(19)24)18-20-13-5-3-4-6-14(13)21-18/h3-8,10,12H,9H2,1-2H3,(H2,19,24)(H,20,21). The van der Waals surface area contributed by atoms with E-state index in [4.69, 9.17) is 27.4 Å². The minimum absolute atomic E-state index is 0.175. The SMILES string of the molecule is COc1ccc(CC(C(N)=S)c2nc3ccccc3[nH]2)cc1OC. The molecule has 5 nitrogen and oxygen atoms in total. The number of imidazole rings is 1. The number of hydrogen-bond acceptors (Lipinski definition) is 4. The van der Waals surface area contributed by atoms with Crippen molar-refractivity contribution in [3.8, 4) is 11.5 Å². The number of thiocarbonyl (C=S) groups is 1. The van der Waals surface area contributed by atoms with E-state index in [1.807, 2.05) is 42.5 Å². The summed E-state index contributed by atoms with van der Waals surface area (Å²) >= 11 is 5.27. The minimum atomic E-state index is -0.175. The number of hydrogen-bond donors (Lipinski definition) is 2.